The second-order valence-corrected chi connectivity index (χ2v) is 9.99. The molecule has 1 saturated heterocycles. The van der Waals surface area contributed by atoms with Crippen molar-refractivity contribution in [3.8, 4) is 5.75 Å². The Morgan fingerprint density at radius 3 is 2.21 bits per heavy atom. The minimum absolute atomic E-state index is 0.0143. The number of halogens is 3. The summed E-state index contributed by atoms with van der Waals surface area (Å²) >= 11 is 0. The van der Waals surface area contributed by atoms with E-state index in [1.165, 1.54) is 44.6 Å². The third kappa shape index (κ3) is 6.87. The Balaban J connectivity index is 1.60. The predicted molar refractivity (Wildman–Crippen MR) is 129 cm³/mol. The average molecular weight is 479 g/mol. The normalized spacial score (nSPS) is 17.2. The topological polar surface area (TPSA) is 41.6 Å². The minimum Gasteiger partial charge on any atom is -0.494 e. The number of alkyl halides is 3. The molecule has 2 aromatic rings. The molecule has 0 saturated carbocycles. The summed E-state index contributed by atoms with van der Waals surface area (Å²) in [5.74, 6) is 0.324. The quantitative estimate of drug-likeness (QED) is 0.325. The molecule has 0 spiro atoms. The zero-order valence-corrected chi connectivity index (χ0v) is 20.5. The standard InChI is InChI=1S/C27H37F3N2O2/c1-4-5-6-7-8-9-10-11-16-34-23-15-14-20-17-22(13-12-21(20)18-23)24(27(28,29)30)32-19-26(2,3)25(33)31-32/h12-15,17-18,24H,4-11,16,19H2,1-3H3,(H,31,33). The second kappa shape index (κ2) is 11.4. The van der Waals surface area contributed by atoms with Crippen LogP contribution in [0.1, 0.15) is 83.7 Å². The molecule has 3 rings (SSSR count). The smallest absolute Gasteiger partial charge is 0.409 e. The van der Waals surface area contributed by atoms with Crippen LogP contribution in [0.15, 0.2) is 36.4 Å². The van der Waals surface area contributed by atoms with Gasteiger partial charge in [0.1, 0.15) is 11.8 Å². The Hall–Kier alpha value is -2.28. The van der Waals surface area contributed by atoms with Crippen molar-refractivity contribution in [2.75, 3.05) is 13.2 Å². The number of carbonyl (C=O) groups excluding carboxylic acids is 1. The molecular weight excluding hydrogens is 441 g/mol. The van der Waals surface area contributed by atoms with Crippen LogP contribution in [0, 0.1) is 5.41 Å². The predicted octanol–water partition coefficient (Wildman–Crippen LogP) is 7.34. The summed E-state index contributed by atoms with van der Waals surface area (Å²) in [4.78, 5) is 12.1. The first-order chi connectivity index (χ1) is 16.1. The maximum absolute atomic E-state index is 14.0. The SMILES string of the molecule is CCCCCCCCCCOc1ccc2cc(C(N3CC(C)(C)C(=O)N3)C(F)(F)F)ccc2c1. The van der Waals surface area contributed by atoms with Crippen molar-refractivity contribution >= 4 is 16.7 Å². The number of benzene rings is 2. The van der Waals surface area contributed by atoms with E-state index in [2.05, 4.69) is 12.3 Å². The molecule has 188 valence electrons. The zero-order chi connectivity index (χ0) is 24.8. The van der Waals surface area contributed by atoms with Gasteiger partial charge in [-0.15, -0.1) is 0 Å². The number of amides is 1. The second-order valence-electron chi connectivity index (χ2n) is 9.99. The van der Waals surface area contributed by atoms with Gasteiger partial charge in [-0.1, -0.05) is 70.1 Å². The van der Waals surface area contributed by atoms with E-state index in [4.69, 9.17) is 4.74 Å². The van der Waals surface area contributed by atoms with Crippen LogP contribution in [0.2, 0.25) is 0 Å². The molecule has 0 radical (unpaired) electrons. The van der Waals surface area contributed by atoms with Gasteiger partial charge in [0.15, 0.2) is 0 Å². The van der Waals surface area contributed by atoms with Crippen molar-refractivity contribution in [1.29, 1.82) is 0 Å². The van der Waals surface area contributed by atoms with Crippen LogP contribution in [0.25, 0.3) is 10.8 Å². The van der Waals surface area contributed by atoms with E-state index in [-0.39, 0.29) is 12.1 Å². The number of hydrogen-bond donors (Lipinski definition) is 1. The lowest BCUT2D eigenvalue weighted by Crippen LogP contribution is -2.43. The molecule has 4 nitrogen and oxygen atoms in total. The van der Waals surface area contributed by atoms with E-state index in [1.807, 2.05) is 6.07 Å². The first kappa shape index (κ1) is 26.3. The van der Waals surface area contributed by atoms with Gasteiger partial charge >= 0.3 is 6.18 Å². The van der Waals surface area contributed by atoms with Gasteiger partial charge in [0, 0.05) is 6.54 Å². The molecule has 2 aromatic carbocycles. The minimum atomic E-state index is -4.53. The fraction of sp³-hybridized carbons (Fsp3) is 0.593. The summed E-state index contributed by atoms with van der Waals surface area (Å²) in [6, 6.07) is 8.29. The highest BCUT2D eigenvalue weighted by molar-refractivity contribution is 5.85. The number of ether oxygens (including phenoxy) is 1. The third-order valence-electron chi connectivity index (χ3n) is 6.47. The first-order valence-corrected chi connectivity index (χ1v) is 12.4. The van der Waals surface area contributed by atoms with Crippen molar-refractivity contribution in [2.45, 2.75) is 84.4 Å². The summed E-state index contributed by atoms with van der Waals surface area (Å²) < 4.78 is 47.9. The van der Waals surface area contributed by atoms with Crippen LogP contribution in [-0.4, -0.2) is 30.2 Å². The number of nitrogens with zero attached hydrogens (tertiary/aromatic N) is 1. The van der Waals surface area contributed by atoms with E-state index < -0.39 is 23.5 Å². The van der Waals surface area contributed by atoms with Crippen LogP contribution in [-0.2, 0) is 4.79 Å². The van der Waals surface area contributed by atoms with Gasteiger partial charge < -0.3 is 4.74 Å². The fourth-order valence-corrected chi connectivity index (χ4v) is 4.45. The molecule has 7 heteroatoms. The first-order valence-electron chi connectivity index (χ1n) is 12.4. The highest BCUT2D eigenvalue weighted by atomic mass is 19.4. The maximum atomic E-state index is 14.0. The monoisotopic (exact) mass is 478 g/mol. The van der Waals surface area contributed by atoms with Crippen molar-refractivity contribution in [2.24, 2.45) is 5.41 Å². The van der Waals surface area contributed by atoms with Crippen molar-refractivity contribution in [1.82, 2.24) is 10.4 Å². The van der Waals surface area contributed by atoms with Crippen LogP contribution in [0.4, 0.5) is 13.2 Å². The third-order valence-corrected chi connectivity index (χ3v) is 6.47. The lowest BCUT2D eigenvalue weighted by atomic mass is 9.93. The van der Waals surface area contributed by atoms with Crippen molar-refractivity contribution < 1.29 is 22.7 Å². The number of rotatable bonds is 12. The molecule has 1 N–H and O–H groups in total. The van der Waals surface area contributed by atoms with Gasteiger partial charge in [0.25, 0.3) is 0 Å². The number of nitrogens with one attached hydrogen (secondary N) is 1. The van der Waals surface area contributed by atoms with E-state index in [0.29, 0.717) is 12.0 Å². The van der Waals surface area contributed by atoms with Gasteiger partial charge in [-0.2, -0.15) is 13.2 Å². The molecule has 1 atom stereocenters. The summed E-state index contributed by atoms with van der Waals surface area (Å²) in [6.45, 7) is 6.13. The van der Waals surface area contributed by atoms with Gasteiger partial charge in [-0.25, -0.2) is 5.01 Å². The Labute approximate surface area is 200 Å². The van der Waals surface area contributed by atoms with Crippen LogP contribution in [0.5, 0.6) is 5.75 Å². The molecule has 0 bridgehead atoms. The molecule has 1 heterocycles. The molecular formula is C27H37F3N2O2. The fourth-order valence-electron chi connectivity index (χ4n) is 4.45. The Morgan fingerprint density at radius 2 is 1.59 bits per heavy atom. The Bertz CT molecular complexity index is 959. The highest BCUT2D eigenvalue weighted by Gasteiger charge is 2.51. The number of carbonyl (C=O) groups is 1. The number of unbranched alkanes of at least 4 members (excludes halogenated alkanes) is 7. The molecule has 1 fully saturated rings. The summed E-state index contributed by atoms with van der Waals surface area (Å²) in [5.41, 5.74) is 1.64. The lowest BCUT2D eigenvalue weighted by molar-refractivity contribution is -0.191. The van der Waals surface area contributed by atoms with Crippen LogP contribution >= 0.6 is 0 Å². The average Bonchev–Trinajstić information content (AvgIpc) is 3.03. The maximum Gasteiger partial charge on any atom is 0.409 e. The van der Waals surface area contributed by atoms with E-state index in [1.54, 1.807) is 38.1 Å². The lowest BCUT2D eigenvalue weighted by Gasteiger charge is -2.30. The van der Waals surface area contributed by atoms with Gasteiger partial charge in [0.05, 0.1) is 12.0 Å². The molecule has 1 amide bonds. The summed E-state index contributed by atoms with van der Waals surface area (Å²) in [5, 5.41) is 2.53. The number of fused-ring (bicyclic) bond motifs is 1. The number of hydrogen-bond acceptors (Lipinski definition) is 3. The van der Waals surface area contributed by atoms with Gasteiger partial charge in [-0.3, -0.25) is 10.2 Å². The highest BCUT2D eigenvalue weighted by Crippen LogP contribution is 2.41. The van der Waals surface area contributed by atoms with E-state index >= 15 is 0 Å². The van der Waals surface area contributed by atoms with Crippen LogP contribution < -0.4 is 10.2 Å². The largest absolute Gasteiger partial charge is 0.494 e. The zero-order valence-electron chi connectivity index (χ0n) is 20.5. The van der Waals surface area contributed by atoms with E-state index in [9.17, 15) is 18.0 Å². The molecule has 0 aliphatic carbocycles. The summed E-state index contributed by atoms with van der Waals surface area (Å²) in [7, 11) is 0. The Kier molecular flexibility index (Phi) is 8.85. The number of hydrazine groups is 1. The molecule has 0 aromatic heterocycles. The van der Waals surface area contributed by atoms with Crippen LogP contribution in [0.3, 0.4) is 0 Å². The van der Waals surface area contributed by atoms with E-state index in [0.717, 1.165) is 29.0 Å². The van der Waals surface area contributed by atoms with Gasteiger partial charge in [0.2, 0.25) is 5.91 Å². The van der Waals surface area contributed by atoms with Gasteiger partial charge in [-0.05, 0) is 54.8 Å². The van der Waals surface area contributed by atoms with Crippen molar-refractivity contribution in [3.63, 3.8) is 0 Å². The molecule has 1 aliphatic rings. The molecule has 34 heavy (non-hydrogen) atoms. The summed E-state index contributed by atoms with van der Waals surface area (Å²) in [6.07, 6.45) is 5.31. The molecule has 1 aliphatic heterocycles. The molecule has 1 unspecified atom stereocenters. The van der Waals surface area contributed by atoms with Crippen molar-refractivity contribution in [3.05, 3.63) is 42.0 Å². The Morgan fingerprint density at radius 1 is 0.971 bits per heavy atom.